The molecule has 0 bridgehead atoms. The Morgan fingerprint density at radius 3 is 2.67 bits per heavy atom. The summed E-state index contributed by atoms with van der Waals surface area (Å²) >= 11 is 0. The van der Waals surface area contributed by atoms with Crippen LogP contribution in [0.1, 0.15) is 30.5 Å². The Balaban J connectivity index is 1.63. The zero-order valence-corrected chi connectivity index (χ0v) is 13.7. The number of carbonyl (C=O) groups excluding carboxylic acids is 1. The molecule has 1 amide bonds. The number of nitrogens with one attached hydrogen (secondary N) is 1. The Kier molecular flexibility index (Phi) is 4.79. The molecule has 0 fully saturated rings. The van der Waals surface area contributed by atoms with Crippen molar-refractivity contribution in [1.29, 1.82) is 0 Å². The van der Waals surface area contributed by atoms with Crippen LogP contribution in [0.25, 0.3) is 0 Å². The maximum absolute atomic E-state index is 12.4. The van der Waals surface area contributed by atoms with Crippen LogP contribution in [0.15, 0.2) is 59.8 Å². The summed E-state index contributed by atoms with van der Waals surface area (Å²) in [7, 11) is 1.61. The van der Waals surface area contributed by atoms with E-state index in [0.717, 1.165) is 22.6 Å². The average molecular weight is 324 g/mol. The number of methoxy groups -OCH3 is 1. The summed E-state index contributed by atoms with van der Waals surface area (Å²) in [5, 5.41) is 7.04. The Hall–Kier alpha value is -2.82. The average Bonchev–Trinajstić information content (AvgIpc) is 3.12. The smallest absolute Gasteiger partial charge is 0.264 e. The summed E-state index contributed by atoms with van der Waals surface area (Å²) in [5.41, 5.74) is 2.63. The lowest BCUT2D eigenvalue weighted by Gasteiger charge is -2.16. The number of hydrogen-bond acceptors (Lipinski definition) is 4. The minimum atomic E-state index is -0.615. The molecule has 0 saturated carbocycles. The molecule has 0 saturated heterocycles. The van der Waals surface area contributed by atoms with Crippen molar-refractivity contribution in [2.45, 2.75) is 25.5 Å². The first kappa shape index (κ1) is 16.1. The van der Waals surface area contributed by atoms with Crippen molar-refractivity contribution in [2.24, 2.45) is 5.16 Å². The van der Waals surface area contributed by atoms with E-state index < -0.39 is 6.10 Å². The van der Waals surface area contributed by atoms with Gasteiger partial charge in [0.1, 0.15) is 5.75 Å². The molecule has 0 spiro atoms. The molecule has 1 heterocycles. The highest BCUT2D eigenvalue weighted by Crippen LogP contribution is 2.25. The van der Waals surface area contributed by atoms with E-state index in [2.05, 4.69) is 10.5 Å². The molecule has 0 aromatic heterocycles. The second-order valence-corrected chi connectivity index (χ2v) is 5.68. The molecule has 0 aliphatic carbocycles. The molecule has 5 heteroatoms. The molecule has 24 heavy (non-hydrogen) atoms. The number of benzene rings is 2. The Bertz CT molecular complexity index is 743. The van der Waals surface area contributed by atoms with Crippen LogP contribution in [0.2, 0.25) is 0 Å². The lowest BCUT2D eigenvalue weighted by Crippen LogP contribution is -2.36. The second-order valence-electron chi connectivity index (χ2n) is 5.68. The van der Waals surface area contributed by atoms with Crippen molar-refractivity contribution in [3.05, 3.63) is 65.7 Å². The van der Waals surface area contributed by atoms with Crippen LogP contribution in [0, 0.1) is 0 Å². The molecule has 0 radical (unpaired) electrons. The zero-order chi connectivity index (χ0) is 16.9. The molecule has 3 rings (SSSR count). The highest BCUT2D eigenvalue weighted by molar-refractivity contribution is 6.05. The SMILES string of the molecule is COc1ccccc1C1=NOC(C(=O)NC(C)c2ccccc2)C1. The van der Waals surface area contributed by atoms with Gasteiger partial charge in [-0.15, -0.1) is 0 Å². The van der Waals surface area contributed by atoms with Gasteiger partial charge >= 0.3 is 0 Å². The fraction of sp³-hybridized carbons (Fsp3) is 0.263. The number of rotatable bonds is 5. The first-order valence-corrected chi connectivity index (χ1v) is 7.90. The zero-order valence-electron chi connectivity index (χ0n) is 13.7. The third kappa shape index (κ3) is 3.40. The quantitative estimate of drug-likeness (QED) is 0.919. The van der Waals surface area contributed by atoms with E-state index in [9.17, 15) is 4.79 Å². The third-order valence-corrected chi connectivity index (χ3v) is 4.04. The molecule has 1 N–H and O–H groups in total. The van der Waals surface area contributed by atoms with Gasteiger partial charge in [0, 0.05) is 12.0 Å². The van der Waals surface area contributed by atoms with Crippen molar-refractivity contribution in [3.63, 3.8) is 0 Å². The van der Waals surface area contributed by atoms with Crippen molar-refractivity contribution in [1.82, 2.24) is 5.32 Å². The largest absolute Gasteiger partial charge is 0.496 e. The summed E-state index contributed by atoms with van der Waals surface area (Å²) in [4.78, 5) is 17.8. The van der Waals surface area contributed by atoms with Crippen LogP contribution in [0.4, 0.5) is 0 Å². The lowest BCUT2D eigenvalue weighted by atomic mass is 10.0. The first-order chi connectivity index (χ1) is 11.7. The lowest BCUT2D eigenvalue weighted by molar-refractivity contribution is -0.131. The highest BCUT2D eigenvalue weighted by atomic mass is 16.6. The highest BCUT2D eigenvalue weighted by Gasteiger charge is 2.30. The minimum Gasteiger partial charge on any atom is -0.496 e. The summed E-state index contributed by atoms with van der Waals surface area (Å²) in [5.74, 6) is 0.554. The molecule has 2 aromatic rings. The van der Waals surface area contributed by atoms with Crippen molar-refractivity contribution in [2.75, 3.05) is 7.11 Å². The van der Waals surface area contributed by atoms with Crippen LogP contribution in [-0.4, -0.2) is 24.8 Å². The molecule has 1 aliphatic heterocycles. The van der Waals surface area contributed by atoms with Gasteiger partial charge in [0.2, 0.25) is 6.10 Å². The number of nitrogens with zero attached hydrogens (tertiary/aromatic N) is 1. The van der Waals surface area contributed by atoms with Gasteiger partial charge in [0.05, 0.1) is 18.9 Å². The van der Waals surface area contributed by atoms with E-state index in [1.807, 2.05) is 61.5 Å². The van der Waals surface area contributed by atoms with Crippen LogP contribution < -0.4 is 10.1 Å². The van der Waals surface area contributed by atoms with Gasteiger partial charge in [-0.2, -0.15) is 0 Å². The van der Waals surface area contributed by atoms with Crippen molar-refractivity contribution in [3.8, 4) is 5.75 Å². The first-order valence-electron chi connectivity index (χ1n) is 7.90. The number of oxime groups is 1. The molecule has 1 aliphatic rings. The maximum atomic E-state index is 12.4. The van der Waals surface area contributed by atoms with Gasteiger partial charge in [0.25, 0.3) is 5.91 Å². The van der Waals surface area contributed by atoms with Crippen LogP contribution >= 0.6 is 0 Å². The van der Waals surface area contributed by atoms with E-state index in [1.54, 1.807) is 7.11 Å². The number of ether oxygens (including phenoxy) is 1. The predicted octanol–water partition coefficient (Wildman–Crippen LogP) is 3.07. The van der Waals surface area contributed by atoms with Crippen LogP contribution in [0.3, 0.4) is 0 Å². The minimum absolute atomic E-state index is 0.0855. The van der Waals surface area contributed by atoms with Crippen molar-refractivity contribution >= 4 is 11.6 Å². The molecule has 2 atom stereocenters. The summed E-state index contributed by atoms with van der Waals surface area (Å²) in [6.07, 6.45) is -0.190. The van der Waals surface area contributed by atoms with E-state index in [4.69, 9.17) is 9.57 Å². The van der Waals surface area contributed by atoms with Gasteiger partial charge in [0.15, 0.2) is 0 Å². The molecule has 2 aromatic carbocycles. The Morgan fingerprint density at radius 2 is 1.92 bits per heavy atom. The molecular formula is C19H20N2O3. The normalized spacial score (nSPS) is 17.6. The van der Waals surface area contributed by atoms with E-state index >= 15 is 0 Å². The predicted molar refractivity (Wildman–Crippen MR) is 92.0 cm³/mol. The third-order valence-electron chi connectivity index (χ3n) is 4.04. The van der Waals surface area contributed by atoms with Gasteiger partial charge in [-0.05, 0) is 24.6 Å². The van der Waals surface area contributed by atoms with Crippen LogP contribution in [0.5, 0.6) is 5.75 Å². The van der Waals surface area contributed by atoms with Gasteiger partial charge in [-0.3, -0.25) is 4.79 Å². The maximum Gasteiger partial charge on any atom is 0.264 e. The Labute approximate surface area is 141 Å². The number of amides is 1. The van der Waals surface area contributed by atoms with Gasteiger partial charge in [-0.25, -0.2) is 0 Å². The number of carbonyl (C=O) groups is 1. The summed E-state index contributed by atoms with van der Waals surface area (Å²) in [6.45, 7) is 1.95. The molecule has 124 valence electrons. The second kappa shape index (κ2) is 7.17. The fourth-order valence-electron chi connectivity index (χ4n) is 2.69. The van der Waals surface area contributed by atoms with E-state index in [-0.39, 0.29) is 11.9 Å². The topological polar surface area (TPSA) is 59.9 Å². The van der Waals surface area contributed by atoms with Crippen LogP contribution in [-0.2, 0) is 9.63 Å². The molecule has 2 unspecified atom stereocenters. The Morgan fingerprint density at radius 1 is 1.21 bits per heavy atom. The molecular weight excluding hydrogens is 304 g/mol. The monoisotopic (exact) mass is 324 g/mol. The number of para-hydroxylation sites is 1. The summed E-state index contributed by atoms with van der Waals surface area (Å²) < 4.78 is 5.34. The van der Waals surface area contributed by atoms with Crippen molar-refractivity contribution < 1.29 is 14.4 Å². The number of hydrogen-bond donors (Lipinski definition) is 1. The summed E-state index contributed by atoms with van der Waals surface area (Å²) in [6, 6.07) is 17.3. The van der Waals surface area contributed by atoms with Gasteiger partial charge < -0.3 is 14.9 Å². The fourth-order valence-corrected chi connectivity index (χ4v) is 2.69. The van der Waals surface area contributed by atoms with E-state index in [0.29, 0.717) is 6.42 Å². The molecule has 5 nitrogen and oxygen atoms in total. The van der Waals surface area contributed by atoms with Gasteiger partial charge in [-0.1, -0.05) is 47.6 Å². The van der Waals surface area contributed by atoms with E-state index in [1.165, 1.54) is 0 Å². The standard InChI is InChI=1S/C19H20N2O3/c1-13(14-8-4-3-5-9-14)20-19(22)18-12-16(21-24-18)15-10-6-7-11-17(15)23-2/h3-11,13,18H,12H2,1-2H3,(H,20,22).